The minimum Gasteiger partial charge on any atom is -0.445 e. The summed E-state index contributed by atoms with van der Waals surface area (Å²) in [7, 11) is -2.97. The fraction of sp³-hybridized carbons (Fsp3) is 0.636. The van der Waals surface area contributed by atoms with Crippen LogP contribution in [-0.2, 0) is 21.1 Å². The van der Waals surface area contributed by atoms with Crippen LogP contribution in [0.15, 0.2) is 4.42 Å². The van der Waals surface area contributed by atoms with Gasteiger partial charge in [-0.25, -0.2) is 13.4 Å². The molecule has 1 aliphatic heterocycles. The van der Waals surface area contributed by atoms with Crippen LogP contribution in [0.2, 0.25) is 0 Å². The lowest BCUT2D eigenvalue weighted by molar-refractivity contribution is -0.121. The number of hydrogen-bond donors (Lipinski definition) is 1. The van der Waals surface area contributed by atoms with E-state index in [1.165, 1.54) is 0 Å². The minimum absolute atomic E-state index is 0.0349. The molecule has 1 amide bonds. The van der Waals surface area contributed by atoms with Crippen molar-refractivity contribution in [2.75, 3.05) is 11.5 Å². The number of rotatable bonds is 3. The molecule has 1 N–H and O–H groups in total. The zero-order valence-corrected chi connectivity index (χ0v) is 11.2. The van der Waals surface area contributed by atoms with Gasteiger partial charge in [-0.05, 0) is 13.3 Å². The minimum atomic E-state index is -2.97. The highest BCUT2D eigenvalue weighted by molar-refractivity contribution is 7.91. The molecule has 0 aromatic carbocycles. The van der Waals surface area contributed by atoms with Gasteiger partial charge in [0.05, 0.1) is 23.6 Å². The van der Waals surface area contributed by atoms with Crippen molar-refractivity contribution in [1.82, 2.24) is 10.3 Å². The molecule has 1 aromatic rings. The second kappa shape index (κ2) is 4.72. The van der Waals surface area contributed by atoms with Crippen molar-refractivity contribution in [3.63, 3.8) is 0 Å². The van der Waals surface area contributed by atoms with E-state index in [2.05, 4.69) is 10.3 Å². The highest BCUT2D eigenvalue weighted by Crippen LogP contribution is 2.13. The van der Waals surface area contributed by atoms with E-state index in [0.29, 0.717) is 23.8 Å². The highest BCUT2D eigenvalue weighted by Gasteiger charge is 2.29. The molecule has 0 aliphatic carbocycles. The average Bonchev–Trinajstić information content (AvgIpc) is 2.70. The first kappa shape index (κ1) is 13.1. The van der Waals surface area contributed by atoms with Crippen molar-refractivity contribution < 1.29 is 17.6 Å². The Labute approximate surface area is 106 Å². The number of nitrogens with one attached hydrogen (secondary N) is 1. The molecule has 0 radical (unpaired) electrons. The number of sulfone groups is 1. The highest BCUT2D eigenvalue weighted by atomic mass is 32.2. The second-order valence-corrected chi connectivity index (χ2v) is 6.81. The Morgan fingerprint density at radius 1 is 1.50 bits per heavy atom. The molecule has 0 spiro atoms. The van der Waals surface area contributed by atoms with Gasteiger partial charge in [0.1, 0.15) is 5.76 Å². The van der Waals surface area contributed by atoms with Gasteiger partial charge in [0.2, 0.25) is 5.91 Å². The number of nitrogens with zero attached hydrogens (tertiary/aromatic N) is 1. The van der Waals surface area contributed by atoms with Crippen LogP contribution >= 0.6 is 0 Å². The summed E-state index contributed by atoms with van der Waals surface area (Å²) in [6, 6.07) is -0.271. The van der Waals surface area contributed by atoms with E-state index in [0.717, 1.165) is 0 Å². The Morgan fingerprint density at radius 2 is 2.22 bits per heavy atom. The first-order valence-electron chi connectivity index (χ1n) is 5.78. The lowest BCUT2D eigenvalue weighted by Crippen LogP contribution is -2.36. The Bertz CT molecular complexity index is 562. The smallest absolute Gasteiger partial charge is 0.227 e. The van der Waals surface area contributed by atoms with Crippen molar-refractivity contribution in [1.29, 1.82) is 0 Å². The maximum absolute atomic E-state index is 11.7. The maximum Gasteiger partial charge on any atom is 0.227 e. The summed E-state index contributed by atoms with van der Waals surface area (Å²) >= 11 is 0. The van der Waals surface area contributed by atoms with Crippen LogP contribution in [0.1, 0.15) is 23.8 Å². The van der Waals surface area contributed by atoms with E-state index in [4.69, 9.17) is 4.42 Å². The second-order valence-electron chi connectivity index (χ2n) is 4.59. The van der Waals surface area contributed by atoms with Crippen molar-refractivity contribution in [3.8, 4) is 0 Å². The third kappa shape index (κ3) is 3.10. The molecule has 1 saturated heterocycles. The van der Waals surface area contributed by atoms with E-state index >= 15 is 0 Å². The lowest BCUT2D eigenvalue weighted by atomic mass is 10.2. The van der Waals surface area contributed by atoms with E-state index in [9.17, 15) is 13.2 Å². The van der Waals surface area contributed by atoms with Gasteiger partial charge in [-0.15, -0.1) is 0 Å². The molecule has 1 atom stereocenters. The normalized spacial score (nSPS) is 22.0. The number of aromatic nitrogens is 1. The van der Waals surface area contributed by atoms with Crippen LogP contribution in [0.25, 0.3) is 0 Å². The molecular weight excluding hydrogens is 256 g/mol. The van der Waals surface area contributed by atoms with Crippen LogP contribution in [0.5, 0.6) is 0 Å². The van der Waals surface area contributed by atoms with Gasteiger partial charge in [-0.2, -0.15) is 0 Å². The van der Waals surface area contributed by atoms with Crippen molar-refractivity contribution in [2.24, 2.45) is 0 Å². The number of hydrogen-bond acceptors (Lipinski definition) is 5. The fourth-order valence-electron chi connectivity index (χ4n) is 2.07. The molecule has 1 aliphatic rings. The quantitative estimate of drug-likeness (QED) is 0.845. The average molecular weight is 272 g/mol. The van der Waals surface area contributed by atoms with Crippen LogP contribution in [0.3, 0.4) is 0 Å². The number of oxazole rings is 1. The predicted molar refractivity (Wildman–Crippen MR) is 64.9 cm³/mol. The molecule has 100 valence electrons. The summed E-state index contributed by atoms with van der Waals surface area (Å²) in [5.41, 5.74) is 0.696. The van der Waals surface area contributed by atoms with Crippen LogP contribution in [-0.4, -0.2) is 36.9 Å². The molecular formula is C11H16N2O4S. The number of carbonyl (C=O) groups excluding carboxylic acids is 1. The third-order valence-corrected chi connectivity index (χ3v) is 4.69. The number of aryl methyl sites for hydroxylation is 2. The summed E-state index contributed by atoms with van der Waals surface area (Å²) < 4.78 is 27.8. The largest absolute Gasteiger partial charge is 0.445 e. The van der Waals surface area contributed by atoms with Gasteiger partial charge >= 0.3 is 0 Å². The topological polar surface area (TPSA) is 89.3 Å². The van der Waals surface area contributed by atoms with Crippen LogP contribution in [0, 0.1) is 13.8 Å². The SMILES string of the molecule is Cc1nc(C)c(CC(=O)NC2CCS(=O)(=O)C2)o1. The molecule has 1 aromatic heterocycles. The molecule has 1 unspecified atom stereocenters. The molecule has 0 bridgehead atoms. The van der Waals surface area contributed by atoms with Gasteiger partial charge in [0.25, 0.3) is 0 Å². The molecule has 0 saturated carbocycles. The summed E-state index contributed by atoms with van der Waals surface area (Å²) in [6.07, 6.45) is 0.589. The van der Waals surface area contributed by atoms with Gasteiger partial charge < -0.3 is 9.73 Å². The summed E-state index contributed by atoms with van der Waals surface area (Å²) in [6.45, 7) is 3.50. The van der Waals surface area contributed by atoms with E-state index < -0.39 is 9.84 Å². The zero-order valence-electron chi connectivity index (χ0n) is 10.4. The van der Waals surface area contributed by atoms with Crippen molar-refractivity contribution in [2.45, 2.75) is 32.7 Å². The van der Waals surface area contributed by atoms with Crippen LogP contribution < -0.4 is 5.32 Å². The third-order valence-electron chi connectivity index (χ3n) is 2.92. The standard InChI is InChI=1S/C11H16N2O4S/c1-7-10(17-8(2)12-7)5-11(14)13-9-3-4-18(15,16)6-9/h9H,3-6H2,1-2H3,(H,13,14). The number of amides is 1. The Kier molecular flexibility index (Phi) is 3.43. The predicted octanol–water partition coefficient (Wildman–Crippen LogP) is 0.137. The summed E-state index contributed by atoms with van der Waals surface area (Å²) in [4.78, 5) is 15.8. The van der Waals surface area contributed by atoms with E-state index in [1.54, 1.807) is 13.8 Å². The van der Waals surface area contributed by atoms with E-state index in [1.807, 2.05) is 0 Å². The molecule has 2 heterocycles. The summed E-state index contributed by atoms with van der Waals surface area (Å²) in [5, 5.41) is 2.71. The van der Waals surface area contributed by atoms with Crippen LogP contribution in [0.4, 0.5) is 0 Å². The maximum atomic E-state index is 11.7. The van der Waals surface area contributed by atoms with Gasteiger partial charge in [-0.1, -0.05) is 0 Å². The molecule has 7 heteroatoms. The van der Waals surface area contributed by atoms with E-state index in [-0.39, 0.29) is 29.9 Å². The fourth-order valence-corrected chi connectivity index (χ4v) is 3.74. The first-order valence-corrected chi connectivity index (χ1v) is 7.60. The zero-order chi connectivity index (χ0) is 13.3. The van der Waals surface area contributed by atoms with Gasteiger partial charge in [-0.3, -0.25) is 4.79 Å². The molecule has 6 nitrogen and oxygen atoms in total. The number of carbonyl (C=O) groups is 1. The first-order chi connectivity index (χ1) is 8.35. The Morgan fingerprint density at radius 3 is 2.72 bits per heavy atom. The van der Waals surface area contributed by atoms with Crippen molar-refractivity contribution >= 4 is 15.7 Å². The Hall–Kier alpha value is -1.37. The molecule has 18 heavy (non-hydrogen) atoms. The van der Waals surface area contributed by atoms with Gasteiger partial charge in [0.15, 0.2) is 15.7 Å². The molecule has 2 rings (SSSR count). The summed E-state index contributed by atoms with van der Waals surface area (Å²) in [5.74, 6) is 1.02. The monoisotopic (exact) mass is 272 g/mol. The molecule has 1 fully saturated rings. The van der Waals surface area contributed by atoms with Crippen molar-refractivity contribution in [3.05, 3.63) is 17.3 Å². The van der Waals surface area contributed by atoms with Gasteiger partial charge in [0, 0.05) is 13.0 Å². The lowest BCUT2D eigenvalue weighted by Gasteiger charge is -2.09. The Balaban J connectivity index is 1.92.